The SMILES string of the molecule is c1cc(-c2ccc(C3Nc4ccccc4S3)cc2)cc(-c2cc3ccccc3c3c4c(ccc23)C2(c3ccccc3-c3ccccc32)c2ccccc2-4)c1. The van der Waals surface area contributed by atoms with Gasteiger partial charge in [-0.15, -0.1) is 0 Å². The molecule has 1 nitrogen and oxygen atoms in total. The van der Waals surface area contributed by atoms with Crippen LogP contribution < -0.4 is 5.32 Å². The van der Waals surface area contributed by atoms with Gasteiger partial charge in [-0.25, -0.2) is 0 Å². The van der Waals surface area contributed by atoms with Crippen LogP contribution in [0.25, 0.3) is 66.1 Å². The van der Waals surface area contributed by atoms with E-state index in [0.29, 0.717) is 0 Å². The van der Waals surface area contributed by atoms with Gasteiger partial charge in [-0.1, -0.05) is 176 Å². The van der Waals surface area contributed by atoms with Crippen molar-refractivity contribution < 1.29 is 0 Å². The van der Waals surface area contributed by atoms with Crippen LogP contribution in [0, 0.1) is 0 Å². The van der Waals surface area contributed by atoms with Crippen molar-refractivity contribution in [2.45, 2.75) is 15.7 Å². The number of hydrogen-bond donors (Lipinski definition) is 1. The molecule has 54 heavy (non-hydrogen) atoms. The Morgan fingerprint density at radius 3 is 1.85 bits per heavy atom. The van der Waals surface area contributed by atoms with Crippen molar-refractivity contribution in [2.24, 2.45) is 0 Å². The summed E-state index contributed by atoms with van der Waals surface area (Å²) in [6, 6.07) is 70.3. The number of nitrogens with one attached hydrogen (secondary N) is 1. The second-order valence-electron chi connectivity index (χ2n) is 14.8. The van der Waals surface area contributed by atoms with Gasteiger partial charge in [0.05, 0.1) is 5.41 Å². The molecule has 252 valence electrons. The van der Waals surface area contributed by atoms with Gasteiger partial charge in [-0.3, -0.25) is 0 Å². The summed E-state index contributed by atoms with van der Waals surface area (Å²) >= 11 is 1.89. The molecule has 2 aliphatic carbocycles. The Kier molecular flexibility index (Phi) is 6.32. The van der Waals surface area contributed by atoms with Gasteiger partial charge in [0.1, 0.15) is 5.37 Å². The smallest absolute Gasteiger partial charge is 0.103 e. The molecule has 0 amide bonds. The van der Waals surface area contributed by atoms with E-state index >= 15 is 0 Å². The Morgan fingerprint density at radius 1 is 0.426 bits per heavy atom. The number of anilines is 1. The van der Waals surface area contributed by atoms with Crippen LogP contribution >= 0.6 is 11.8 Å². The predicted octanol–water partition coefficient (Wildman–Crippen LogP) is 13.9. The first-order valence-corrected chi connectivity index (χ1v) is 19.7. The van der Waals surface area contributed by atoms with E-state index in [4.69, 9.17) is 0 Å². The second-order valence-corrected chi connectivity index (χ2v) is 15.9. The van der Waals surface area contributed by atoms with Crippen LogP contribution in [0.15, 0.2) is 193 Å². The molecule has 0 saturated carbocycles. The fourth-order valence-electron chi connectivity index (χ4n) is 9.86. The average molecular weight is 704 g/mol. The van der Waals surface area contributed by atoms with E-state index in [9.17, 15) is 0 Å². The van der Waals surface area contributed by atoms with Crippen LogP contribution in [0.5, 0.6) is 0 Å². The van der Waals surface area contributed by atoms with E-state index in [1.54, 1.807) is 0 Å². The molecule has 0 fully saturated rings. The molecule has 9 aromatic carbocycles. The lowest BCUT2D eigenvalue weighted by atomic mass is 9.70. The van der Waals surface area contributed by atoms with Gasteiger partial charge in [-0.2, -0.15) is 0 Å². The van der Waals surface area contributed by atoms with E-state index in [-0.39, 0.29) is 10.8 Å². The van der Waals surface area contributed by atoms with Gasteiger partial charge < -0.3 is 5.32 Å². The highest BCUT2D eigenvalue weighted by Gasteiger charge is 2.52. The molecule has 0 saturated heterocycles. The summed E-state index contributed by atoms with van der Waals surface area (Å²) in [6.45, 7) is 0. The van der Waals surface area contributed by atoms with Crippen LogP contribution in [0.2, 0.25) is 0 Å². The highest BCUT2D eigenvalue weighted by Crippen LogP contribution is 2.64. The molecule has 0 aromatic heterocycles. The zero-order chi connectivity index (χ0) is 35.4. The van der Waals surface area contributed by atoms with Gasteiger partial charge in [0.25, 0.3) is 0 Å². The summed E-state index contributed by atoms with van der Waals surface area (Å²) < 4.78 is 0. The lowest BCUT2D eigenvalue weighted by Gasteiger charge is -2.30. The van der Waals surface area contributed by atoms with Crippen molar-refractivity contribution in [1.29, 1.82) is 0 Å². The van der Waals surface area contributed by atoms with Crippen molar-refractivity contribution >= 4 is 39.0 Å². The minimum Gasteiger partial charge on any atom is -0.368 e. The molecule has 2 heteroatoms. The van der Waals surface area contributed by atoms with Crippen molar-refractivity contribution in [1.82, 2.24) is 0 Å². The average Bonchev–Trinajstić information content (AvgIpc) is 3.91. The van der Waals surface area contributed by atoms with E-state index < -0.39 is 0 Å². The molecule has 1 spiro atoms. The van der Waals surface area contributed by atoms with Crippen LogP contribution in [0.1, 0.15) is 33.2 Å². The quantitative estimate of drug-likeness (QED) is 0.184. The highest BCUT2D eigenvalue weighted by molar-refractivity contribution is 8.00. The van der Waals surface area contributed by atoms with Gasteiger partial charge in [-0.05, 0) is 118 Å². The lowest BCUT2D eigenvalue weighted by Crippen LogP contribution is -2.25. The second kappa shape index (κ2) is 11.3. The highest BCUT2D eigenvalue weighted by atomic mass is 32.2. The monoisotopic (exact) mass is 703 g/mol. The topological polar surface area (TPSA) is 12.0 Å². The summed E-state index contributed by atoms with van der Waals surface area (Å²) in [5, 5.41) is 9.09. The minimum atomic E-state index is -0.369. The van der Waals surface area contributed by atoms with E-state index in [0.717, 1.165) is 0 Å². The fraction of sp³-hybridized carbons (Fsp3) is 0.0385. The third-order valence-electron chi connectivity index (χ3n) is 12.1. The van der Waals surface area contributed by atoms with Crippen molar-refractivity contribution in [2.75, 3.05) is 5.32 Å². The maximum absolute atomic E-state index is 3.68. The Balaban J connectivity index is 1.05. The number of para-hydroxylation sites is 1. The molecule has 1 unspecified atom stereocenters. The Morgan fingerprint density at radius 2 is 1.07 bits per heavy atom. The first kappa shape index (κ1) is 30.1. The van der Waals surface area contributed by atoms with Gasteiger partial charge in [0.15, 0.2) is 0 Å². The molecular formula is C52H33NS. The normalized spacial score (nSPS) is 15.4. The summed E-state index contributed by atoms with van der Waals surface area (Å²) in [4.78, 5) is 1.31. The van der Waals surface area contributed by atoms with E-state index in [2.05, 4.69) is 193 Å². The summed E-state index contributed by atoms with van der Waals surface area (Å²) in [5.41, 5.74) is 17.9. The molecule has 1 heterocycles. The third kappa shape index (κ3) is 4.06. The number of hydrogen-bond acceptors (Lipinski definition) is 2. The summed E-state index contributed by atoms with van der Waals surface area (Å²) in [6.07, 6.45) is 0. The number of benzene rings is 9. The van der Waals surface area contributed by atoms with Crippen molar-refractivity contribution in [3.8, 4) is 44.5 Å². The summed E-state index contributed by atoms with van der Waals surface area (Å²) in [5.74, 6) is 0. The van der Waals surface area contributed by atoms with Crippen LogP contribution in [-0.4, -0.2) is 0 Å². The molecule has 3 aliphatic rings. The molecule has 12 rings (SSSR count). The van der Waals surface area contributed by atoms with Gasteiger partial charge in [0, 0.05) is 10.6 Å². The maximum Gasteiger partial charge on any atom is 0.103 e. The number of thioether (sulfide) groups is 1. The Hall–Kier alpha value is -6.35. The van der Waals surface area contributed by atoms with Crippen LogP contribution in [0.3, 0.4) is 0 Å². The third-order valence-corrected chi connectivity index (χ3v) is 13.4. The predicted molar refractivity (Wildman–Crippen MR) is 227 cm³/mol. The summed E-state index contributed by atoms with van der Waals surface area (Å²) in [7, 11) is 0. The fourth-order valence-corrected chi connectivity index (χ4v) is 11.0. The standard InChI is InChI=1S/C52H33NS/c1-2-15-37-36(12-1)31-42(35-14-11-13-34(30-35)32-24-26-33(27-25-32)51-53-47-22-9-10-23-48(47)54-51)40-28-29-46-50(49(37)40)41-18-5-8-21-45(41)52(46)43-19-6-3-16-38(43)39-17-4-7-20-44(39)52/h1-31,51,53H. The number of rotatable bonds is 3. The van der Waals surface area contributed by atoms with Crippen LogP contribution in [-0.2, 0) is 5.41 Å². The molecule has 1 aliphatic heterocycles. The zero-order valence-corrected chi connectivity index (χ0v) is 30.2. The molecule has 0 radical (unpaired) electrons. The van der Waals surface area contributed by atoms with Crippen molar-refractivity contribution in [3.63, 3.8) is 0 Å². The van der Waals surface area contributed by atoms with Crippen molar-refractivity contribution in [3.05, 3.63) is 216 Å². The Labute approximate surface area is 319 Å². The van der Waals surface area contributed by atoms with E-state index in [1.807, 2.05) is 11.8 Å². The lowest BCUT2D eigenvalue weighted by molar-refractivity contribution is 0.794. The zero-order valence-electron chi connectivity index (χ0n) is 29.4. The minimum absolute atomic E-state index is 0.226. The maximum atomic E-state index is 3.68. The molecule has 0 bridgehead atoms. The van der Waals surface area contributed by atoms with Crippen LogP contribution in [0.4, 0.5) is 5.69 Å². The molecule has 1 atom stereocenters. The van der Waals surface area contributed by atoms with Gasteiger partial charge >= 0.3 is 0 Å². The largest absolute Gasteiger partial charge is 0.368 e. The first-order chi connectivity index (χ1) is 26.8. The Bertz CT molecular complexity index is 2940. The van der Waals surface area contributed by atoms with Gasteiger partial charge in [0.2, 0.25) is 0 Å². The molecule has 9 aromatic rings. The molecule has 1 N–H and O–H groups in total. The number of fused-ring (bicyclic) bond motifs is 15. The van der Waals surface area contributed by atoms with E-state index in [1.165, 1.54) is 104 Å². The molecular weight excluding hydrogens is 671 g/mol. The first-order valence-electron chi connectivity index (χ1n) is 18.8.